The van der Waals surface area contributed by atoms with Gasteiger partial charge in [0.2, 0.25) is 0 Å². The number of hydrogen-bond donors (Lipinski definition) is 2. The molecule has 0 bridgehead atoms. The van der Waals surface area contributed by atoms with E-state index in [4.69, 9.17) is 0 Å². The molecule has 1 amide bonds. The summed E-state index contributed by atoms with van der Waals surface area (Å²) in [6.07, 6.45) is 3.11. The van der Waals surface area contributed by atoms with Crippen molar-refractivity contribution in [2.24, 2.45) is 0 Å². The monoisotopic (exact) mass is 323 g/mol. The minimum atomic E-state index is -0.490. The molecule has 0 aliphatic carbocycles. The number of hydrogen-bond acceptors (Lipinski definition) is 5. The summed E-state index contributed by atoms with van der Waals surface area (Å²) >= 11 is 0. The van der Waals surface area contributed by atoms with E-state index in [9.17, 15) is 9.90 Å². The van der Waals surface area contributed by atoms with Crippen molar-refractivity contribution in [2.45, 2.75) is 19.9 Å². The second kappa shape index (κ2) is 6.49. The summed E-state index contributed by atoms with van der Waals surface area (Å²) in [5.41, 5.74) is 1.28. The third kappa shape index (κ3) is 2.96. The zero-order chi connectivity index (χ0) is 17.1. The van der Waals surface area contributed by atoms with Gasteiger partial charge in [0.1, 0.15) is 12.1 Å². The van der Waals surface area contributed by atoms with Gasteiger partial charge in [0, 0.05) is 17.8 Å². The van der Waals surface area contributed by atoms with Crippen LogP contribution >= 0.6 is 0 Å². The first-order valence-corrected chi connectivity index (χ1v) is 7.52. The molecule has 0 unspecified atom stereocenters. The van der Waals surface area contributed by atoms with Gasteiger partial charge in [-0.05, 0) is 38.1 Å². The Bertz CT molecular complexity index is 873. The summed E-state index contributed by atoms with van der Waals surface area (Å²) in [4.78, 5) is 16.3. The number of nitrogens with zero attached hydrogens (tertiary/aromatic N) is 4. The van der Waals surface area contributed by atoms with Crippen LogP contribution < -0.4 is 5.32 Å². The molecule has 2 aromatic heterocycles. The van der Waals surface area contributed by atoms with E-state index in [0.29, 0.717) is 11.5 Å². The molecule has 1 aromatic carbocycles. The molecule has 3 rings (SSSR count). The molecular formula is C17H17N5O2. The highest BCUT2D eigenvalue weighted by Crippen LogP contribution is 2.28. The van der Waals surface area contributed by atoms with Crippen LogP contribution in [-0.2, 0) is 0 Å². The van der Waals surface area contributed by atoms with Crippen LogP contribution in [0.15, 0.2) is 48.9 Å². The zero-order valence-corrected chi connectivity index (χ0v) is 13.3. The first-order chi connectivity index (χ1) is 11.6. The number of carbonyl (C=O) groups is 1. The third-order valence-electron chi connectivity index (χ3n) is 3.55. The van der Waals surface area contributed by atoms with Crippen LogP contribution in [0.5, 0.6) is 5.75 Å². The predicted octanol–water partition coefficient (Wildman–Crippen LogP) is 2.88. The van der Waals surface area contributed by atoms with Gasteiger partial charge in [-0.3, -0.25) is 4.79 Å². The predicted molar refractivity (Wildman–Crippen MR) is 89.7 cm³/mol. The van der Waals surface area contributed by atoms with E-state index in [-0.39, 0.29) is 17.5 Å². The molecule has 122 valence electrons. The molecule has 2 heterocycles. The van der Waals surface area contributed by atoms with E-state index >= 15 is 0 Å². The van der Waals surface area contributed by atoms with Gasteiger partial charge in [0.25, 0.3) is 5.91 Å². The largest absolute Gasteiger partial charge is 0.505 e. The van der Waals surface area contributed by atoms with E-state index in [1.165, 1.54) is 12.3 Å². The van der Waals surface area contributed by atoms with Gasteiger partial charge < -0.3 is 15.0 Å². The zero-order valence-electron chi connectivity index (χ0n) is 13.3. The lowest BCUT2D eigenvalue weighted by Gasteiger charge is -2.14. The number of amides is 1. The molecule has 7 nitrogen and oxygen atoms in total. The number of aromatic nitrogens is 4. The fraction of sp³-hybridized carbons (Fsp3) is 0.176. The molecule has 0 saturated carbocycles. The lowest BCUT2D eigenvalue weighted by Crippen LogP contribution is -2.15. The molecule has 0 spiro atoms. The van der Waals surface area contributed by atoms with Gasteiger partial charge in [-0.25, -0.2) is 4.98 Å². The topological polar surface area (TPSA) is 92.9 Å². The van der Waals surface area contributed by atoms with Crippen LogP contribution in [0.3, 0.4) is 0 Å². The Morgan fingerprint density at radius 1 is 1.21 bits per heavy atom. The average Bonchev–Trinajstić information content (AvgIpc) is 3.05. The van der Waals surface area contributed by atoms with Crippen molar-refractivity contribution in [3.05, 3.63) is 54.6 Å². The molecular weight excluding hydrogens is 306 g/mol. The normalized spacial score (nSPS) is 10.8. The Morgan fingerprint density at radius 2 is 2.00 bits per heavy atom. The molecule has 0 atom stereocenters. The van der Waals surface area contributed by atoms with Gasteiger partial charge in [-0.15, -0.1) is 10.2 Å². The molecule has 0 aliphatic heterocycles. The van der Waals surface area contributed by atoms with Gasteiger partial charge >= 0.3 is 0 Å². The lowest BCUT2D eigenvalue weighted by molar-refractivity contribution is 0.101. The third-order valence-corrected chi connectivity index (χ3v) is 3.55. The van der Waals surface area contributed by atoms with Crippen LogP contribution in [0.25, 0.3) is 11.4 Å². The van der Waals surface area contributed by atoms with Crippen LogP contribution in [0.1, 0.15) is 30.4 Å². The number of nitrogens with one attached hydrogen (secondary N) is 1. The first-order valence-electron chi connectivity index (χ1n) is 7.52. The summed E-state index contributed by atoms with van der Waals surface area (Å²) in [5.74, 6) is 0.000124. The van der Waals surface area contributed by atoms with Crippen molar-refractivity contribution in [3.8, 4) is 17.1 Å². The molecule has 0 fully saturated rings. The van der Waals surface area contributed by atoms with E-state index < -0.39 is 5.91 Å². The van der Waals surface area contributed by atoms with E-state index in [2.05, 4.69) is 20.5 Å². The highest BCUT2D eigenvalue weighted by atomic mass is 16.3. The van der Waals surface area contributed by atoms with Crippen molar-refractivity contribution in [2.75, 3.05) is 5.32 Å². The van der Waals surface area contributed by atoms with Gasteiger partial charge in [0.15, 0.2) is 11.5 Å². The molecule has 0 saturated heterocycles. The van der Waals surface area contributed by atoms with Crippen LogP contribution in [0.4, 0.5) is 5.69 Å². The van der Waals surface area contributed by atoms with Crippen LogP contribution in [0.2, 0.25) is 0 Å². The fourth-order valence-electron chi connectivity index (χ4n) is 2.35. The Morgan fingerprint density at radius 3 is 2.75 bits per heavy atom. The number of para-hydroxylation sites is 1. The summed E-state index contributed by atoms with van der Waals surface area (Å²) < 4.78 is 1.92. The number of benzene rings is 1. The van der Waals surface area contributed by atoms with E-state index in [1.54, 1.807) is 18.5 Å². The van der Waals surface area contributed by atoms with Gasteiger partial charge in [-0.1, -0.05) is 12.1 Å². The number of pyridine rings is 1. The average molecular weight is 323 g/mol. The Labute approximate surface area is 139 Å². The first kappa shape index (κ1) is 15.7. The van der Waals surface area contributed by atoms with Crippen molar-refractivity contribution >= 4 is 11.6 Å². The summed E-state index contributed by atoms with van der Waals surface area (Å²) in [6, 6.07) is 10.5. The maximum absolute atomic E-state index is 12.4. The quantitative estimate of drug-likeness (QED) is 0.770. The maximum atomic E-state index is 12.4. The number of aromatic hydroxyl groups is 1. The highest BCUT2D eigenvalue weighted by Gasteiger charge is 2.17. The Balaban J connectivity index is 1.97. The second-order valence-corrected chi connectivity index (χ2v) is 5.53. The smallest absolute Gasteiger partial charge is 0.278 e. The SMILES string of the molecule is CC(C)n1cnnc1-c1ccccc1NC(=O)c1ncccc1O. The number of rotatable bonds is 4. The summed E-state index contributed by atoms with van der Waals surface area (Å²) in [5, 5.41) is 20.7. The van der Waals surface area contributed by atoms with Crippen molar-refractivity contribution in [1.82, 2.24) is 19.7 Å². The molecule has 7 heteroatoms. The number of carbonyl (C=O) groups excluding carboxylic acids is 1. The molecule has 24 heavy (non-hydrogen) atoms. The van der Waals surface area contributed by atoms with E-state index in [1.807, 2.05) is 36.6 Å². The molecule has 2 N–H and O–H groups in total. The lowest BCUT2D eigenvalue weighted by atomic mass is 10.1. The standard InChI is InChI=1S/C17H17N5O2/c1-11(2)22-10-19-21-16(22)12-6-3-4-7-13(12)20-17(24)15-14(23)8-5-9-18-15/h3-11,23H,1-2H3,(H,20,24). The van der Waals surface area contributed by atoms with E-state index in [0.717, 1.165) is 5.56 Å². The van der Waals surface area contributed by atoms with Crippen LogP contribution in [-0.4, -0.2) is 30.8 Å². The van der Waals surface area contributed by atoms with Gasteiger partial charge in [-0.2, -0.15) is 0 Å². The molecule has 0 aliphatic rings. The van der Waals surface area contributed by atoms with Crippen molar-refractivity contribution < 1.29 is 9.90 Å². The Hall–Kier alpha value is -3.22. The minimum absolute atomic E-state index is 0.0300. The minimum Gasteiger partial charge on any atom is -0.505 e. The molecule has 0 radical (unpaired) electrons. The van der Waals surface area contributed by atoms with Crippen molar-refractivity contribution in [3.63, 3.8) is 0 Å². The molecule has 3 aromatic rings. The maximum Gasteiger partial charge on any atom is 0.278 e. The summed E-state index contributed by atoms with van der Waals surface area (Å²) in [6.45, 7) is 4.06. The second-order valence-electron chi connectivity index (χ2n) is 5.53. The highest BCUT2D eigenvalue weighted by molar-refractivity contribution is 6.06. The summed E-state index contributed by atoms with van der Waals surface area (Å²) in [7, 11) is 0. The van der Waals surface area contributed by atoms with Crippen LogP contribution in [0, 0.1) is 0 Å². The van der Waals surface area contributed by atoms with Gasteiger partial charge in [0.05, 0.1) is 5.69 Å². The fourth-order valence-corrected chi connectivity index (χ4v) is 2.35. The Kier molecular flexibility index (Phi) is 4.24. The van der Waals surface area contributed by atoms with Crippen molar-refractivity contribution in [1.29, 1.82) is 0 Å². The number of anilines is 1.